The molecule has 23 valence electrons. The van der Waals surface area contributed by atoms with E-state index in [-0.39, 0.29) is 18.0 Å². The molecule has 0 unspecified atom stereocenters. The maximum absolute atomic E-state index is 7.26. The van der Waals surface area contributed by atoms with Crippen molar-refractivity contribution in [2.45, 2.75) is 0 Å². The Bertz CT molecular complexity index is 62.6. The number of nitriles is 2. The van der Waals surface area contributed by atoms with Gasteiger partial charge in [-0.05, 0) is 0 Å². The number of hydrogen-bond acceptors (Lipinski definition) is 2. The van der Waals surface area contributed by atoms with Gasteiger partial charge in [-0.25, -0.2) is 0 Å². The Morgan fingerprint density at radius 1 is 1.00 bits per heavy atom. The van der Waals surface area contributed by atoms with Crippen molar-refractivity contribution >= 4 is 18.0 Å². The van der Waals surface area contributed by atoms with E-state index in [2.05, 4.69) is 0 Å². The second-order valence-electron chi connectivity index (χ2n) is 0.224. The molecule has 2 nitrogen and oxygen atoms in total. The molecule has 0 aromatic rings. The van der Waals surface area contributed by atoms with Crippen LogP contribution in [-0.2, 0) is 0 Å². The first-order valence-corrected chi connectivity index (χ1v) is 0.697. The van der Waals surface area contributed by atoms with Crippen molar-refractivity contribution in [1.82, 2.24) is 0 Å². The third-order valence-corrected chi connectivity index (χ3v) is 0.0500. The summed E-state index contributed by atoms with van der Waals surface area (Å²) in [6, 6.07) is 2.47. The summed E-state index contributed by atoms with van der Waals surface area (Å²) < 4.78 is 0. The van der Waals surface area contributed by atoms with Crippen molar-refractivity contribution in [1.29, 1.82) is 10.5 Å². The molecular weight excluding hydrogens is 127 g/mol. The third-order valence-electron chi connectivity index (χ3n) is 0.0500. The zero-order valence-electron chi connectivity index (χ0n) is 2.34. The Morgan fingerprint density at radius 3 is 1.20 bits per heavy atom. The SMILES string of the molecule is N#CC#N.[As]. The molecule has 0 bridgehead atoms. The quantitative estimate of drug-likeness (QED) is 0.417. The van der Waals surface area contributed by atoms with Crippen LogP contribution < -0.4 is 0 Å². The van der Waals surface area contributed by atoms with Crippen LogP contribution in [0.2, 0.25) is 0 Å². The minimum Gasteiger partial charge on any atom is -0.181 e. The van der Waals surface area contributed by atoms with Gasteiger partial charge in [0, 0.05) is 18.0 Å². The topological polar surface area (TPSA) is 47.6 Å². The largest absolute Gasteiger partial charge is 0.181 e. The fourth-order valence-corrected chi connectivity index (χ4v) is 0. The predicted octanol–water partition coefficient (Wildman–Crippen LogP) is -0.347. The van der Waals surface area contributed by atoms with Gasteiger partial charge < -0.3 is 0 Å². The van der Waals surface area contributed by atoms with Crippen LogP contribution in [0.15, 0.2) is 0 Å². The number of rotatable bonds is 0. The van der Waals surface area contributed by atoms with Gasteiger partial charge in [-0.3, -0.25) is 0 Å². The molecule has 0 aromatic heterocycles. The third kappa shape index (κ3) is 28.9. The van der Waals surface area contributed by atoms with E-state index in [1.807, 2.05) is 0 Å². The first-order valence-electron chi connectivity index (χ1n) is 0.697. The Hall–Kier alpha value is -0.462. The average Bonchev–Trinajstić information content (AvgIpc) is 1.37. The molecule has 0 aliphatic carbocycles. The van der Waals surface area contributed by atoms with E-state index in [9.17, 15) is 0 Å². The van der Waals surface area contributed by atoms with Gasteiger partial charge in [-0.15, -0.1) is 0 Å². The summed E-state index contributed by atoms with van der Waals surface area (Å²) in [5.74, 6) is 0. The molecule has 0 atom stereocenters. The normalized spacial score (nSPS) is 2.00. The van der Waals surface area contributed by atoms with Crippen LogP contribution in [0.3, 0.4) is 0 Å². The van der Waals surface area contributed by atoms with Gasteiger partial charge in [0.25, 0.3) is 0 Å². The summed E-state index contributed by atoms with van der Waals surface area (Å²) in [7, 11) is 0. The molecule has 5 heavy (non-hydrogen) atoms. The van der Waals surface area contributed by atoms with Crippen LogP contribution in [0, 0.1) is 22.7 Å². The maximum Gasteiger partial charge on any atom is 0.181 e. The van der Waals surface area contributed by atoms with Gasteiger partial charge in [-0.1, -0.05) is 0 Å². The second-order valence-corrected chi connectivity index (χ2v) is 0.224. The van der Waals surface area contributed by atoms with Crippen LogP contribution >= 0.6 is 0 Å². The molecule has 0 fully saturated rings. The summed E-state index contributed by atoms with van der Waals surface area (Å²) >= 11 is 0. The average molecular weight is 127 g/mol. The molecule has 0 N–H and O–H groups in total. The predicted molar refractivity (Wildman–Crippen MR) is 17.0 cm³/mol. The Labute approximate surface area is 41.3 Å². The first-order chi connectivity index (χ1) is 1.91. The van der Waals surface area contributed by atoms with E-state index in [1.165, 1.54) is 12.1 Å². The van der Waals surface area contributed by atoms with Gasteiger partial charge in [0.1, 0.15) is 0 Å². The van der Waals surface area contributed by atoms with Crippen molar-refractivity contribution in [3.8, 4) is 12.1 Å². The van der Waals surface area contributed by atoms with Crippen molar-refractivity contribution in [3.05, 3.63) is 0 Å². The molecule has 0 saturated carbocycles. The Kier molecular flexibility index (Phi) is 17.0. The Balaban J connectivity index is 0. The molecule has 0 aliphatic heterocycles. The van der Waals surface area contributed by atoms with E-state index in [1.54, 1.807) is 0 Å². The fraction of sp³-hybridized carbons (Fsp3) is 0. The Morgan fingerprint density at radius 2 is 1.20 bits per heavy atom. The van der Waals surface area contributed by atoms with Crippen LogP contribution in [0.5, 0.6) is 0 Å². The van der Waals surface area contributed by atoms with Crippen molar-refractivity contribution in [2.24, 2.45) is 0 Å². The van der Waals surface area contributed by atoms with Gasteiger partial charge in [0.15, 0.2) is 12.1 Å². The summed E-state index contributed by atoms with van der Waals surface area (Å²) in [4.78, 5) is 0. The van der Waals surface area contributed by atoms with Gasteiger partial charge in [-0.2, -0.15) is 10.5 Å². The summed E-state index contributed by atoms with van der Waals surface area (Å²) in [5, 5.41) is 14.5. The van der Waals surface area contributed by atoms with E-state index in [0.29, 0.717) is 0 Å². The smallest absolute Gasteiger partial charge is 0.181 e. The van der Waals surface area contributed by atoms with Crippen LogP contribution in [0.25, 0.3) is 0 Å². The zero-order valence-corrected chi connectivity index (χ0v) is 4.22. The standard InChI is InChI=1S/C2N2.As/c3-1-2-4;. The van der Waals surface area contributed by atoms with Crippen LogP contribution in [-0.4, -0.2) is 18.0 Å². The van der Waals surface area contributed by atoms with Gasteiger partial charge in [0.05, 0.1) is 0 Å². The van der Waals surface area contributed by atoms with Crippen LogP contribution in [0.4, 0.5) is 0 Å². The fourth-order valence-electron chi connectivity index (χ4n) is 0. The molecular formula is C2AsN2. The molecule has 0 spiro atoms. The minimum atomic E-state index is 0. The molecule has 3 radical (unpaired) electrons. The summed E-state index contributed by atoms with van der Waals surface area (Å²) in [6.07, 6.45) is 0. The summed E-state index contributed by atoms with van der Waals surface area (Å²) in [5.41, 5.74) is 0. The number of hydrogen-bond donors (Lipinski definition) is 0. The molecule has 3 heteroatoms. The first kappa shape index (κ1) is 8.82. The van der Waals surface area contributed by atoms with E-state index in [4.69, 9.17) is 10.5 Å². The van der Waals surface area contributed by atoms with E-state index >= 15 is 0 Å². The van der Waals surface area contributed by atoms with E-state index < -0.39 is 0 Å². The monoisotopic (exact) mass is 127 g/mol. The van der Waals surface area contributed by atoms with E-state index in [0.717, 1.165) is 0 Å². The molecule has 0 rings (SSSR count). The molecule has 0 aromatic carbocycles. The molecule has 0 aliphatic rings. The van der Waals surface area contributed by atoms with Crippen molar-refractivity contribution in [3.63, 3.8) is 0 Å². The summed E-state index contributed by atoms with van der Waals surface area (Å²) in [6.45, 7) is 0. The van der Waals surface area contributed by atoms with Crippen LogP contribution in [0.1, 0.15) is 0 Å². The molecule has 0 saturated heterocycles. The van der Waals surface area contributed by atoms with Gasteiger partial charge in [0.2, 0.25) is 0 Å². The maximum atomic E-state index is 7.26. The zero-order chi connectivity index (χ0) is 3.41. The second kappa shape index (κ2) is 9.63. The molecule has 0 amide bonds. The van der Waals surface area contributed by atoms with Gasteiger partial charge >= 0.3 is 0 Å². The van der Waals surface area contributed by atoms with Crippen molar-refractivity contribution < 1.29 is 0 Å². The minimum absolute atomic E-state index is 0. The number of nitrogens with zero attached hydrogens (tertiary/aromatic N) is 2. The molecule has 0 heterocycles. The van der Waals surface area contributed by atoms with Crippen molar-refractivity contribution in [2.75, 3.05) is 0 Å².